The Hall–Kier alpha value is -0.680. The van der Waals surface area contributed by atoms with Crippen LogP contribution in [-0.2, 0) is 4.74 Å². The lowest BCUT2D eigenvalue weighted by Gasteiger charge is -2.46. The van der Waals surface area contributed by atoms with Gasteiger partial charge < -0.3 is 9.84 Å². The third kappa shape index (κ3) is 2.98. The average molecular weight is 302 g/mol. The summed E-state index contributed by atoms with van der Waals surface area (Å²) in [6.07, 6.45) is -0.102. The normalized spacial score (nSPS) is 21.4. The standard InChI is InChI=1S/C15H21ClFNO2/c1-3-15(2,18-6-8-20-9-7-18)14(19)12-10-11(17)4-5-13(12)16/h4-5,10,14,19H,3,6-9H2,1-2H3. The van der Waals surface area contributed by atoms with Crippen LogP contribution in [0.2, 0.25) is 5.02 Å². The molecule has 0 amide bonds. The van der Waals surface area contributed by atoms with Crippen molar-refractivity contribution in [3.8, 4) is 0 Å². The Kier molecular flexibility index (Phi) is 5.02. The Labute approximate surface area is 124 Å². The van der Waals surface area contributed by atoms with E-state index in [-0.39, 0.29) is 5.82 Å². The Bertz CT molecular complexity index is 465. The molecule has 5 heteroatoms. The second-order valence-electron chi connectivity index (χ2n) is 5.38. The number of hydrogen-bond acceptors (Lipinski definition) is 3. The predicted octanol–water partition coefficient (Wildman–Crippen LogP) is 3.01. The van der Waals surface area contributed by atoms with Crippen molar-refractivity contribution in [1.82, 2.24) is 4.90 Å². The van der Waals surface area contributed by atoms with E-state index in [4.69, 9.17) is 16.3 Å². The molecule has 0 bridgehead atoms. The van der Waals surface area contributed by atoms with Gasteiger partial charge in [0.25, 0.3) is 0 Å². The molecule has 0 radical (unpaired) electrons. The zero-order chi connectivity index (χ0) is 14.8. The molecule has 1 heterocycles. The number of rotatable bonds is 4. The van der Waals surface area contributed by atoms with E-state index in [1.54, 1.807) is 0 Å². The summed E-state index contributed by atoms with van der Waals surface area (Å²) in [7, 11) is 0. The molecular formula is C15H21ClFNO2. The van der Waals surface area contributed by atoms with Gasteiger partial charge in [-0.05, 0) is 31.5 Å². The van der Waals surface area contributed by atoms with Crippen molar-refractivity contribution < 1.29 is 14.2 Å². The van der Waals surface area contributed by atoms with Crippen LogP contribution in [0.1, 0.15) is 31.9 Å². The smallest absolute Gasteiger partial charge is 0.123 e. The summed E-state index contributed by atoms with van der Waals surface area (Å²) in [6, 6.07) is 4.11. The van der Waals surface area contributed by atoms with Gasteiger partial charge in [0, 0.05) is 29.2 Å². The molecule has 1 fully saturated rings. The SMILES string of the molecule is CCC(C)(C(O)c1cc(F)ccc1Cl)N1CCOCC1. The zero-order valence-electron chi connectivity index (χ0n) is 11.9. The number of aliphatic hydroxyl groups excluding tert-OH is 1. The summed E-state index contributed by atoms with van der Waals surface area (Å²) >= 11 is 6.12. The lowest BCUT2D eigenvalue weighted by atomic mass is 9.84. The van der Waals surface area contributed by atoms with Gasteiger partial charge in [0.05, 0.1) is 19.3 Å². The van der Waals surface area contributed by atoms with Crippen LogP contribution in [0.5, 0.6) is 0 Å². The highest BCUT2D eigenvalue weighted by Crippen LogP contribution is 2.37. The van der Waals surface area contributed by atoms with Gasteiger partial charge in [-0.3, -0.25) is 4.90 Å². The minimum atomic E-state index is -0.839. The lowest BCUT2D eigenvalue weighted by molar-refractivity contribution is -0.0734. The molecule has 3 nitrogen and oxygen atoms in total. The van der Waals surface area contributed by atoms with Crippen molar-refractivity contribution in [2.45, 2.75) is 31.9 Å². The van der Waals surface area contributed by atoms with Crippen LogP contribution in [0.3, 0.4) is 0 Å². The molecule has 0 spiro atoms. The Balaban J connectivity index is 2.31. The Morgan fingerprint density at radius 1 is 1.45 bits per heavy atom. The number of ether oxygens (including phenoxy) is 1. The summed E-state index contributed by atoms with van der Waals surface area (Å²) in [4.78, 5) is 2.20. The van der Waals surface area contributed by atoms with Crippen molar-refractivity contribution in [2.24, 2.45) is 0 Å². The van der Waals surface area contributed by atoms with Crippen LogP contribution in [-0.4, -0.2) is 41.8 Å². The summed E-state index contributed by atoms with van der Waals surface area (Å²) in [5, 5.41) is 11.2. The molecule has 2 atom stereocenters. The number of morpholine rings is 1. The molecule has 0 aliphatic carbocycles. The molecule has 0 saturated carbocycles. The van der Waals surface area contributed by atoms with E-state index in [2.05, 4.69) is 4.90 Å². The molecule has 2 unspecified atom stereocenters. The maximum atomic E-state index is 13.4. The minimum Gasteiger partial charge on any atom is -0.386 e. The van der Waals surface area contributed by atoms with Gasteiger partial charge >= 0.3 is 0 Å². The van der Waals surface area contributed by atoms with Gasteiger partial charge in [0.1, 0.15) is 5.82 Å². The summed E-state index contributed by atoms with van der Waals surface area (Å²) in [5.74, 6) is -0.385. The Morgan fingerprint density at radius 2 is 2.10 bits per heavy atom. The number of benzene rings is 1. The number of hydrogen-bond donors (Lipinski definition) is 1. The van der Waals surface area contributed by atoms with Gasteiger partial charge in [-0.1, -0.05) is 18.5 Å². The third-order valence-corrected chi connectivity index (χ3v) is 4.64. The van der Waals surface area contributed by atoms with Crippen molar-refractivity contribution in [2.75, 3.05) is 26.3 Å². The van der Waals surface area contributed by atoms with Crippen LogP contribution in [0.25, 0.3) is 0 Å². The van der Waals surface area contributed by atoms with Crippen LogP contribution >= 0.6 is 11.6 Å². The third-order valence-electron chi connectivity index (χ3n) is 4.29. The second kappa shape index (κ2) is 6.39. The first-order valence-electron chi connectivity index (χ1n) is 6.95. The zero-order valence-corrected chi connectivity index (χ0v) is 12.7. The molecule has 1 saturated heterocycles. The van der Waals surface area contributed by atoms with Gasteiger partial charge in [0.2, 0.25) is 0 Å². The summed E-state index contributed by atoms with van der Waals surface area (Å²) < 4.78 is 18.8. The molecule has 1 aromatic carbocycles. The molecule has 20 heavy (non-hydrogen) atoms. The predicted molar refractivity (Wildman–Crippen MR) is 77.5 cm³/mol. The minimum absolute atomic E-state index is 0.385. The average Bonchev–Trinajstić information content (AvgIpc) is 2.49. The number of aliphatic hydroxyl groups is 1. The number of halogens is 2. The molecule has 1 aliphatic rings. The van der Waals surface area contributed by atoms with E-state index >= 15 is 0 Å². The molecule has 1 aliphatic heterocycles. The molecule has 112 valence electrons. The largest absolute Gasteiger partial charge is 0.386 e. The summed E-state index contributed by atoms with van der Waals surface area (Å²) in [6.45, 7) is 6.83. The summed E-state index contributed by atoms with van der Waals surface area (Å²) in [5.41, 5.74) is -0.0381. The maximum absolute atomic E-state index is 13.4. The van der Waals surface area contributed by atoms with Crippen LogP contribution in [0.4, 0.5) is 4.39 Å². The van der Waals surface area contributed by atoms with E-state index in [0.29, 0.717) is 23.8 Å². The van der Waals surface area contributed by atoms with Gasteiger partial charge in [-0.2, -0.15) is 0 Å². The van der Waals surface area contributed by atoms with Crippen molar-refractivity contribution in [3.63, 3.8) is 0 Å². The quantitative estimate of drug-likeness (QED) is 0.928. The van der Waals surface area contributed by atoms with E-state index in [0.717, 1.165) is 19.5 Å². The van der Waals surface area contributed by atoms with Gasteiger partial charge in [-0.25, -0.2) is 4.39 Å². The van der Waals surface area contributed by atoms with Crippen LogP contribution < -0.4 is 0 Å². The highest BCUT2D eigenvalue weighted by molar-refractivity contribution is 6.31. The first kappa shape index (κ1) is 15.7. The molecule has 2 rings (SSSR count). The maximum Gasteiger partial charge on any atom is 0.123 e. The molecule has 1 aromatic rings. The fraction of sp³-hybridized carbons (Fsp3) is 0.600. The van der Waals surface area contributed by atoms with Gasteiger partial charge in [0.15, 0.2) is 0 Å². The van der Waals surface area contributed by atoms with E-state index < -0.39 is 11.6 Å². The Morgan fingerprint density at radius 3 is 2.70 bits per heavy atom. The molecular weight excluding hydrogens is 281 g/mol. The van der Waals surface area contributed by atoms with E-state index in [9.17, 15) is 9.50 Å². The van der Waals surface area contributed by atoms with Crippen molar-refractivity contribution >= 4 is 11.6 Å². The molecule has 0 aromatic heterocycles. The second-order valence-corrected chi connectivity index (χ2v) is 5.79. The van der Waals surface area contributed by atoms with Crippen LogP contribution in [0, 0.1) is 5.82 Å². The monoisotopic (exact) mass is 301 g/mol. The fourth-order valence-electron chi connectivity index (χ4n) is 2.72. The lowest BCUT2D eigenvalue weighted by Crippen LogP contribution is -2.54. The topological polar surface area (TPSA) is 32.7 Å². The number of nitrogens with zero attached hydrogens (tertiary/aromatic N) is 1. The first-order valence-corrected chi connectivity index (χ1v) is 7.32. The van der Waals surface area contributed by atoms with Crippen LogP contribution in [0.15, 0.2) is 18.2 Å². The van der Waals surface area contributed by atoms with Crippen molar-refractivity contribution in [1.29, 1.82) is 0 Å². The molecule has 1 N–H and O–H groups in total. The highest BCUT2D eigenvalue weighted by atomic mass is 35.5. The first-order chi connectivity index (χ1) is 9.49. The van der Waals surface area contributed by atoms with Crippen molar-refractivity contribution in [3.05, 3.63) is 34.6 Å². The fourth-order valence-corrected chi connectivity index (χ4v) is 2.94. The highest BCUT2D eigenvalue weighted by Gasteiger charge is 2.39. The van der Waals surface area contributed by atoms with E-state index in [1.165, 1.54) is 18.2 Å². The van der Waals surface area contributed by atoms with Gasteiger partial charge in [-0.15, -0.1) is 0 Å². The van der Waals surface area contributed by atoms with E-state index in [1.807, 2.05) is 13.8 Å².